The van der Waals surface area contributed by atoms with Gasteiger partial charge in [0, 0.05) is 18.1 Å². The maximum Gasteiger partial charge on any atom is 0.0474 e. The molecule has 0 amide bonds. The van der Waals surface area contributed by atoms with Crippen molar-refractivity contribution in [2.24, 2.45) is 0 Å². The van der Waals surface area contributed by atoms with Gasteiger partial charge in [0.2, 0.25) is 0 Å². The van der Waals surface area contributed by atoms with Crippen LogP contribution >= 0.6 is 0 Å². The van der Waals surface area contributed by atoms with E-state index in [4.69, 9.17) is 0 Å². The van der Waals surface area contributed by atoms with Crippen LogP contribution in [-0.2, 0) is 6.54 Å². The monoisotopic (exact) mass is 204 g/mol. The van der Waals surface area contributed by atoms with Crippen molar-refractivity contribution < 1.29 is 0 Å². The summed E-state index contributed by atoms with van der Waals surface area (Å²) in [4.78, 5) is 0. The van der Waals surface area contributed by atoms with Gasteiger partial charge >= 0.3 is 0 Å². The van der Waals surface area contributed by atoms with Gasteiger partial charge < -0.3 is 9.88 Å². The molecule has 1 rings (SSSR count). The van der Waals surface area contributed by atoms with Crippen molar-refractivity contribution in [2.45, 2.75) is 19.9 Å². The molecule has 1 N–H and O–H groups in total. The minimum atomic E-state index is 1.04. The summed E-state index contributed by atoms with van der Waals surface area (Å²) in [5.74, 6) is 0. The van der Waals surface area contributed by atoms with Crippen molar-refractivity contribution in [3.8, 4) is 0 Å². The molecule has 0 fully saturated rings. The van der Waals surface area contributed by atoms with Gasteiger partial charge in [-0.1, -0.05) is 18.7 Å². The molecule has 0 radical (unpaired) electrons. The molecule has 0 bridgehead atoms. The summed E-state index contributed by atoms with van der Waals surface area (Å²) in [5.41, 5.74) is 0. The summed E-state index contributed by atoms with van der Waals surface area (Å²) in [7, 11) is 1.98. The Kier molecular flexibility index (Phi) is 4.91. The summed E-state index contributed by atoms with van der Waals surface area (Å²) >= 11 is 0. The van der Waals surface area contributed by atoms with Crippen molar-refractivity contribution in [1.29, 1.82) is 0 Å². The number of allylic oxidation sites excluding steroid dienone is 2. The first-order valence-electron chi connectivity index (χ1n) is 5.41. The first-order chi connectivity index (χ1) is 7.29. The smallest absolute Gasteiger partial charge is 0.0474 e. The third kappa shape index (κ3) is 3.40. The van der Waals surface area contributed by atoms with Gasteiger partial charge in [0.1, 0.15) is 0 Å². The lowest BCUT2D eigenvalue weighted by Gasteiger charge is -2.02. The fourth-order valence-corrected chi connectivity index (χ4v) is 1.54. The fraction of sp³-hybridized carbons (Fsp3) is 0.385. The SMILES string of the molecule is C=c1ccn(CCCNC)/c1=C/C=C\C. The molecule has 2 nitrogen and oxygen atoms in total. The summed E-state index contributed by atoms with van der Waals surface area (Å²) in [5, 5.41) is 5.46. The van der Waals surface area contributed by atoms with Gasteiger partial charge in [0.25, 0.3) is 0 Å². The van der Waals surface area contributed by atoms with Crippen molar-refractivity contribution >= 4 is 12.7 Å². The molecular formula is C13H20N2. The van der Waals surface area contributed by atoms with Gasteiger partial charge in [-0.05, 0) is 44.3 Å². The first-order valence-corrected chi connectivity index (χ1v) is 5.41. The van der Waals surface area contributed by atoms with Gasteiger partial charge in [-0.25, -0.2) is 0 Å². The Bertz CT molecular complexity index is 412. The van der Waals surface area contributed by atoms with Crippen LogP contribution in [0.25, 0.3) is 12.7 Å². The number of rotatable bonds is 5. The molecule has 0 saturated carbocycles. The van der Waals surface area contributed by atoms with E-state index in [-0.39, 0.29) is 0 Å². The number of aryl methyl sites for hydroxylation is 1. The molecule has 0 spiro atoms. The molecule has 1 aromatic rings. The van der Waals surface area contributed by atoms with Crippen LogP contribution in [0, 0.1) is 0 Å². The lowest BCUT2D eigenvalue weighted by molar-refractivity contribution is 0.605. The topological polar surface area (TPSA) is 17.0 Å². The van der Waals surface area contributed by atoms with E-state index in [0.29, 0.717) is 0 Å². The van der Waals surface area contributed by atoms with E-state index in [1.807, 2.05) is 20.0 Å². The Labute approximate surface area is 91.6 Å². The minimum absolute atomic E-state index is 1.04. The van der Waals surface area contributed by atoms with Crippen LogP contribution in [0.4, 0.5) is 0 Å². The second kappa shape index (κ2) is 6.25. The predicted molar refractivity (Wildman–Crippen MR) is 67.0 cm³/mol. The fourth-order valence-electron chi connectivity index (χ4n) is 1.54. The van der Waals surface area contributed by atoms with Crippen LogP contribution in [0.5, 0.6) is 0 Å². The largest absolute Gasteiger partial charge is 0.347 e. The van der Waals surface area contributed by atoms with Gasteiger partial charge in [-0.3, -0.25) is 0 Å². The summed E-state index contributed by atoms with van der Waals surface area (Å²) in [6, 6.07) is 2.06. The Hall–Kier alpha value is -1.28. The van der Waals surface area contributed by atoms with Gasteiger partial charge in [0.05, 0.1) is 0 Å². The standard InChI is InChI=1S/C13H20N2/c1-4-5-7-13-12(2)8-11-15(13)10-6-9-14-3/h4-5,7-8,11,14H,2,6,9-10H2,1,3H3/b5-4-,13-7+. The zero-order valence-corrected chi connectivity index (χ0v) is 9.66. The number of hydrogen-bond donors (Lipinski definition) is 1. The predicted octanol–water partition coefficient (Wildman–Crippen LogP) is 0.864. The van der Waals surface area contributed by atoms with Crippen LogP contribution in [0.1, 0.15) is 13.3 Å². The zero-order valence-electron chi connectivity index (χ0n) is 9.66. The van der Waals surface area contributed by atoms with Gasteiger partial charge in [-0.2, -0.15) is 0 Å². The van der Waals surface area contributed by atoms with Gasteiger partial charge in [0.15, 0.2) is 0 Å². The molecule has 0 unspecified atom stereocenters. The van der Waals surface area contributed by atoms with E-state index in [0.717, 1.165) is 24.7 Å². The average Bonchev–Trinajstić information content (AvgIpc) is 2.58. The maximum absolute atomic E-state index is 4.02. The van der Waals surface area contributed by atoms with E-state index in [1.54, 1.807) is 0 Å². The Balaban J connectivity index is 2.84. The number of nitrogens with one attached hydrogen (secondary N) is 1. The summed E-state index contributed by atoms with van der Waals surface area (Å²) in [6.45, 7) is 8.13. The molecule has 2 heteroatoms. The van der Waals surface area contributed by atoms with E-state index in [2.05, 4.69) is 40.9 Å². The van der Waals surface area contributed by atoms with Crippen molar-refractivity contribution in [2.75, 3.05) is 13.6 Å². The molecule has 0 aromatic carbocycles. The zero-order chi connectivity index (χ0) is 11.1. The highest BCUT2D eigenvalue weighted by molar-refractivity contribution is 5.35. The molecule has 15 heavy (non-hydrogen) atoms. The van der Waals surface area contributed by atoms with Crippen LogP contribution in [0.15, 0.2) is 24.4 Å². The molecule has 1 aromatic heterocycles. The normalized spacial score (nSPS) is 12.8. The Morgan fingerprint density at radius 3 is 3.00 bits per heavy atom. The average molecular weight is 204 g/mol. The molecule has 0 atom stereocenters. The first kappa shape index (κ1) is 11.8. The molecule has 1 heterocycles. The highest BCUT2D eigenvalue weighted by atomic mass is 14.9. The Morgan fingerprint density at radius 1 is 1.53 bits per heavy atom. The summed E-state index contributed by atoms with van der Waals surface area (Å²) < 4.78 is 2.25. The van der Waals surface area contributed by atoms with E-state index >= 15 is 0 Å². The van der Waals surface area contributed by atoms with E-state index < -0.39 is 0 Å². The molecule has 82 valence electrons. The third-order valence-electron chi connectivity index (χ3n) is 2.37. The molecule has 0 aliphatic heterocycles. The van der Waals surface area contributed by atoms with Crippen LogP contribution in [0.2, 0.25) is 0 Å². The van der Waals surface area contributed by atoms with Crippen LogP contribution in [-0.4, -0.2) is 18.2 Å². The highest BCUT2D eigenvalue weighted by Gasteiger charge is 1.93. The molecule has 0 aliphatic carbocycles. The highest BCUT2D eigenvalue weighted by Crippen LogP contribution is 1.84. The quantitative estimate of drug-likeness (QED) is 0.704. The van der Waals surface area contributed by atoms with Crippen LogP contribution < -0.4 is 15.9 Å². The number of aromatic nitrogens is 1. The van der Waals surface area contributed by atoms with Crippen molar-refractivity contribution in [1.82, 2.24) is 9.88 Å². The lowest BCUT2D eigenvalue weighted by atomic mass is 10.4. The van der Waals surface area contributed by atoms with E-state index in [1.165, 1.54) is 5.35 Å². The minimum Gasteiger partial charge on any atom is -0.347 e. The molecule has 0 aliphatic rings. The number of nitrogens with zero attached hydrogens (tertiary/aromatic N) is 1. The second-order valence-electron chi connectivity index (χ2n) is 3.57. The van der Waals surface area contributed by atoms with Crippen molar-refractivity contribution in [3.05, 3.63) is 35.0 Å². The molecular weight excluding hydrogens is 184 g/mol. The Morgan fingerprint density at radius 2 is 2.33 bits per heavy atom. The third-order valence-corrected chi connectivity index (χ3v) is 2.37. The second-order valence-corrected chi connectivity index (χ2v) is 3.57. The van der Waals surface area contributed by atoms with E-state index in [9.17, 15) is 0 Å². The van der Waals surface area contributed by atoms with Gasteiger partial charge in [-0.15, -0.1) is 0 Å². The lowest BCUT2D eigenvalue weighted by Crippen LogP contribution is -2.28. The van der Waals surface area contributed by atoms with Crippen LogP contribution in [0.3, 0.4) is 0 Å². The molecule has 0 saturated heterocycles. The number of hydrogen-bond acceptors (Lipinski definition) is 1. The van der Waals surface area contributed by atoms with Crippen molar-refractivity contribution in [3.63, 3.8) is 0 Å². The summed E-state index contributed by atoms with van der Waals surface area (Å²) in [6.07, 6.45) is 9.44. The maximum atomic E-state index is 4.02.